The lowest BCUT2D eigenvalue weighted by atomic mass is 10.1. The molecule has 0 saturated heterocycles. The fourth-order valence-corrected chi connectivity index (χ4v) is 1.82. The Morgan fingerprint density at radius 2 is 2.20 bits per heavy atom. The zero-order valence-corrected chi connectivity index (χ0v) is 9.20. The van der Waals surface area contributed by atoms with Crippen molar-refractivity contribution in [1.29, 1.82) is 0 Å². The van der Waals surface area contributed by atoms with Gasteiger partial charge in [0.15, 0.2) is 0 Å². The van der Waals surface area contributed by atoms with Crippen LogP contribution in [0.2, 0.25) is 0 Å². The normalized spacial score (nSPS) is 10.9. The van der Waals surface area contributed by atoms with E-state index in [-0.39, 0.29) is 0 Å². The largest absolute Gasteiger partial charge is 0.326 e. The highest BCUT2D eigenvalue weighted by Gasteiger charge is 2.15. The molecule has 0 aliphatic heterocycles. The number of H-pyrrole nitrogens is 1. The van der Waals surface area contributed by atoms with Gasteiger partial charge in [-0.15, -0.1) is 0 Å². The summed E-state index contributed by atoms with van der Waals surface area (Å²) in [6.07, 6.45) is 1.77. The summed E-state index contributed by atoms with van der Waals surface area (Å²) in [7, 11) is 1.93. The third-order valence-electron chi connectivity index (χ3n) is 2.70. The molecular formula is C10H15N5. The molecule has 0 aliphatic rings. The van der Waals surface area contributed by atoms with Crippen molar-refractivity contribution in [1.82, 2.24) is 20.0 Å². The van der Waals surface area contributed by atoms with Crippen molar-refractivity contribution in [3.05, 3.63) is 23.1 Å². The Hall–Kier alpha value is -1.62. The zero-order chi connectivity index (χ0) is 11.0. The topological polar surface area (TPSA) is 72.5 Å². The molecule has 3 N–H and O–H groups in total. The van der Waals surface area contributed by atoms with Gasteiger partial charge in [0.05, 0.1) is 17.6 Å². The summed E-state index contributed by atoms with van der Waals surface area (Å²) in [6.45, 7) is 4.51. The first-order valence-electron chi connectivity index (χ1n) is 4.88. The van der Waals surface area contributed by atoms with Crippen LogP contribution in [0.25, 0.3) is 11.3 Å². The lowest BCUT2D eigenvalue weighted by molar-refractivity contribution is 0.731. The number of hydrogen-bond acceptors (Lipinski definition) is 3. The molecule has 2 rings (SSSR count). The van der Waals surface area contributed by atoms with E-state index in [4.69, 9.17) is 5.73 Å². The monoisotopic (exact) mass is 205 g/mol. The molecule has 2 aromatic heterocycles. The molecule has 5 nitrogen and oxygen atoms in total. The van der Waals surface area contributed by atoms with Gasteiger partial charge in [0.1, 0.15) is 0 Å². The van der Waals surface area contributed by atoms with E-state index in [0.29, 0.717) is 6.54 Å². The van der Waals surface area contributed by atoms with Gasteiger partial charge >= 0.3 is 0 Å². The summed E-state index contributed by atoms with van der Waals surface area (Å²) in [6, 6.07) is 0. The number of aromatic amines is 1. The molecule has 0 spiro atoms. The van der Waals surface area contributed by atoms with E-state index in [1.54, 1.807) is 6.20 Å². The van der Waals surface area contributed by atoms with Crippen molar-refractivity contribution < 1.29 is 0 Å². The molecule has 0 atom stereocenters. The van der Waals surface area contributed by atoms with Crippen molar-refractivity contribution in [3.63, 3.8) is 0 Å². The minimum Gasteiger partial charge on any atom is -0.326 e. The first-order valence-corrected chi connectivity index (χ1v) is 4.88. The van der Waals surface area contributed by atoms with Gasteiger partial charge in [-0.05, 0) is 13.8 Å². The fourth-order valence-electron chi connectivity index (χ4n) is 1.82. The van der Waals surface area contributed by atoms with Crippen LogP contribution in [-0.2, 0) is 13.6 Å². The molecule has 0 unspecified atom stereocenters. The molecule has 0 aliphatic carbocycles. The number of nitrogens with two attached hydrogens (primary N) is 1. The molecule has 2 aromatic rings. The van der Waals surface area contributed by atoms with Gasteiger partial charge in [0.2, 0.25) is 0 Å². The van der Waals surface area contributed by atoms with Crippen LogP contribution >= 0.6 is 0 Å². The second-order valence-corrected chi connectivity index (χ2v) is 3.64. The third-order valence-corrected chi connectivity index (χ3v) is 2.70. The number of nitrogens with zero attached hydrogens (tertiary/aromatic N) is 3. The van der Waals surface area contributed by atoms with Crippen molar-refractivity contribution in [3.8, 4) is 11.3 Å². The molecule has 5 heteroatoms. The van der Waals surface area contributed by atoms with E-state index in [9.17, 15) is 0 Å². The predicted molar refractivity (Wildman–Crippen MR) is 58.2 cm³/mol. The first kappa shape index (κ1) is 9.92. The number of aryl methyl sites for hydroxylation is 2. The number of nitrogens with one attached hydrogen (secondary N) is 1. The van der Waals surface area contributed by atoms with Crippen molar-refractivity contribution in [2.24, 2.45) is 12.8 Å². The van der Waals surface area contributed by atoms with Crippen molar-refractivity contribution >= 4 is 0 Å². The van der Waals surface area contributed by atoms with E-state index < -0.39 is 0 Å². The Morgan fingerprint density at radius 3 is 2.73 bits per heavy atom. The van der Waals surface area contributed by atoms with Crippen LogP contribution in [0, 0.1) is 13.8 Å². The maximum Gasteiger partial charge on any atom is 0.0732 e. The second kappa shape index (κ2) is 3.51. The summed E-state index contributed by atoms with van der Waals surface area (Å²) in [5, 5.41) is 11.4. The Labute approximate surface area is 88.3 Å². The first-order chi connectivity index (χ1) is 7.15. The quantitative estimate of drug-likeness (QED) is 0.764. The van der Waals surface area contributed by atoms with Gasteiger partial charge in [-0.3, -0.25) is 9.78 Å². The van der Waals surface area contributed by atoms with Crippen LogP contribution in [-0.4, -0.2) is 20.0 Å². The van der Waals surface area contributed by atoms with E-state index in [0.717, 1.165) is 28.2 Å². The highest BCUT2D eigenvalue weighted by Crippen LogP contribution is 2.27. The summed E-state index contributed by atoms with van der Waals surface area (Å²) in [4.78, 5) is 0. The van der Waals surface area contributed by atoms with Crippen molar-refractivity contribution in [2.75, 3.05) is 0 Å². The van der Waals surface area contributed by atoms with Crippen LogP contribution in [0.1, 0.15) is 17.0 Å². The number of rotatable bonds is 2. The molecule has 0 fully saturated rings. The molecule has 0 radical (unpaired) electrons. The van der Waals surface area contributed by atoms with E-state index in [1.165, 1.54) is 0 Å². The Bertz CT molecular complexity index is 480. The van der Waals surface area contributed by atoms with Gasteiger partial charge in [0.25, 0.3) is 0 Å². The second-order valence-electron chi connectivity index (χ2n) is 3.64. The molecule has 15 heavy (non-hydrogen) atoms. The molecule has 0 aromatic carbocycles. The summed E-state index contributed by atoms with van der Waals surface area (Å²) in [5.74, 6) is 0. The SMILES string of the molecule is Cc1nn(C)c(C)c1-c1[nH]ncc1CN. The van der Waals surface area contributed by atoms with Gasteiger partial charge in [-0.25, -0.2) is 0 Å². The highest BCUT2D eigenvalue weighted by atomic mass is 15.3. The molecule has 0 saturated carbocycles. The molecule has 0 amide bonds. The van der Waals surface area contributed by atoms with Crippen LogP contribution < -0.4 is 5.73 Å². The van der Waals surface area contributed by atoms with E-state index in [1.807, 2.05) is 25.6 Å². The molecule has 0 bridgehead atoms. The van der Waals surface area contributed by atoms with Gasteiger partial charge in [-0.2, -0.15) is 10.2 Å². The molecule has 80 valence electrons. The molecule has 2 heterocycles. The minimum absolute atomic E-state index is 0.486. The Balaban J connectivity index is 2.63. The van der Waals surface area contributed by atoms with Crippen LogP contribution in [0.5, 0.6) is 0 Å². The standard InChI is InChI=1S/C10H15N5/c1-6-9(7(2)15(3)14-6)10-8(4-11)5-12-13-10/h5H,4,11H2,1-3H3,(H,12,13). The van der Waals surface area contributed by atoms with Gasteiger partial charge in [-0.1, -0.05) is 0 Å². The number of aromatic nitrogens is 4. The van der Waals surface area contributed by atoms with E-state index in [2.05, 4.69) is 15.3 Å². The summed E-state index contributed by atoms with van der Waals surface area (Å²) >= 11 is 0. The predicted octanol–water partition coefficient (Wildman–Crippen LogP) is 0.886. The average Bonchev–Trinajstić information content (AvgIpc) is 2.73. The zero-order valence-electron chi connectivity index (χ0n) is 9.20. The fraction of sp³-hybridized carbons (Fsp3) is 0.400. The maximum atomic E-state index is 5.65. The lowest BCUT2D eigenvalue weighted by Crippen LogP contribution is -1.98. The molecular weight excluding hydrogens is 190 g/mol. The van der Waals surface area contributed by atoms with Gasteiger partial charge < -0.3 is 5.73 Å². The number of hydrogen-bond donors (Lipinski definition) is 2. The third kappa shape index (κ3) is 1.45. The van der Waals surface area contributed by atoms with E-state index >= 15 is 0 Å². The smallest absolute Gasteiger partial charge is 0.0732 e. The average molecular weight is 205 g/mol. The maximum absolute atomic E-state index is 5.65. The van der Waals surface area contributed by atoms with Crippen LogP contribution in [0.4, 0.5) is 0 Å². The van der Waals surface area contributed by atoms with Gasteiger partial charge in [0, 0.05) is 30.4 Å². The minimum atomic E-state index is 0.486. The van der Waals surface area contributed by atoms with Crippen molar-refractivity contribution in [2.45, 2.75) is 20.4 Å². The van der Waals surface area contributed by atoms with Crippen LogP contribution in [0.3, 0.4) is 0 Å². The Kier molecular flexibility index (Phi) is 2.32. The lowest BCUT2D eigenvalue weighted by Gasteiger charge is -2.01. The highest BCUT2D eigenvalue weighted by molar-refractivity contribution is 5.67. The van der Waals surface area contributed by atoms with Crippen LogP contribution in [0.15, 0.2) is 6.20 Å². The Morgan fingerprint density at radius 1 is 1.47 bits per heavy atom. The summed E-state index contributed by atoms with van der Waals surface area (Å²) < 4.78 is 1.87. The summed E-state index contributed by atoms with van der Waals surface area (Å²) in [5.41, 5.74) is 10.9.